The van der Waals surface area contributed by atoms with E-state index in [0.717, 1.165) is 18.5 Å². The van der Waals surface area contributed by atoms with E-state index in [1.807, 2.05) is 19.9 Å². The molecule has 1 heterocycles. The van der Waals surface area contributed by atoms with Crippen LogP contribution >= 0.6 is 23.4 Å². The lowest BCUT2D eigenvalue weighted by atomic mass is 10.2. The number of aryl methyl sites for hydroxylation is 1. The van der Waals surface area contributed by atoms with Gasteiger partial charge >= 0.3 is 0 Å². The van der Waals surface area contributed by atoms with Gasteiger partial charge in [0.2, 0.25) is 5.91 Å². The molecule has 128 valence electrons. The molecule has 0 radical (unpaired) electrons. The molecule has 24 heavy (non-hydrogen) atoms. The van der Waals surface area contributed by atoms with Crippen molar-refractivity contribution in [2.24, 2.45) is 0 Å². The molecule has 2 N–H and O–H groups in total. The molecule has 1 atom stereocenters. The molecule has 0 spiro atoms. The van der Waals surface area contributed by atoms with E-state index in [9.17, 15) is 9.59 Å². The monoisotopic (exact) mass is 365 g/mol. The molecular weight excluding hydrogens is 346 g/mol. The third-order valence-corrected chi connectivity index (χ3v) is 4.91. The van der Waals surface area contributed by atoms with Crippen molar-refractivity contribution in [2.45, 2.75) is 43.5 Å². The number of carbonyl (C=O) groups is 1. The molecule has 1 aromatic carbocycles. The maximum absolute atomic E-state index is 12.5. The number of hydrogen-bond donors (Lipinski definition) is 2. The average Bonchev–Trinajstić information content (AvgIpc) is 2.54. The smallest absolute Gasteiger partial charge is 0.251 e. The maximum atomic E-state index is 12.5. The van der Waals surface area contributed by atoms with Crippen LogP contribution in [-0.2, 0) is 11.2 Å². The minimum absolute atomic E-state index is 0.167. The van der Waals surface area contributed by atoms with Gasteiger partial charge in [0.15, 0.2) is 5.16 Å². The van der Waals surface area contributed by atoms with Gasteiger partial charge in [-0.15, -0.1) is 0 Å². The number of hydrogen-bond acceptors (Lipinski definition) is 4. The zero-order chi connectivity index (χ0) is 17.5. The molecule has 5 nitrogen and oxygen atoms in total. The standard InChI is InChI=1S/C17H20ClN3O2S/c1-3-7-11-10-15(22)21-17(19-11)24-14(4-2)16(23)20-13-9-6-5-8-12(13)18/h5-6,8-10,14H,3-4,7H2,1-2H3,(H,20,23)(H,19,21,22). The first-order valence-electron chi connectivity index (χ1n) is 7.85. The van der Waals surface area contributed by atoms with Crippen LogP contribution in [0, 0.1) is 0 Å². The number of para-hydroxylation sites is 1. The summed E-state index contributed by atoms with van der Waals surface area (Å²) in [6.45, 7) is 3.94. The van der Waals surface area contributed by atoms with Gasteiger partial charge in [0.05, 0.1) is 16.0 Å². The molecule has 2 rings (SSSR count). The highest BCUT2D eigenvalue weighted by atomic mass is 35.5. The first-order valence-corrected chi connectivity index (χ1v) is 9.11. The Morgan fingerprint density at radius 3 is 2.79 bits per heavy atom. The fraction of sp³-hybridized carbons (Fsp3) is 0.353. The van der Waals surface area contributed by atoms with E-state index in [1.54, 1.807) is 18.2 Å². The second-order valence-corrected chi connectivity index (χ2v) is 6.87. The van der Waals surface area contributed by atoms with Gasteiger partial charge in [-0.2, -0.15) is 0 Å². The van der Waals surface area contributed by atoms with Crippen LogP contribution in [-0.4, -0.2) is 21.1 Å². The fourth-order valence-corrected chi connectivity index (χ4v) is 3.27. The van der Waals surface area contributed by atoms with E-state index < -0.39 is 0 Å². The summed E-state index contributed by atoms with van der Waals surface area (Å²) in [6, 6.07) is 8.58. The third-order valence-electron chi connectivity index (χ3n) is 3.33. The van der Waals surface area contributed by atoms with Crippen LogP contribution < -0.4 is 10.9 Å². The molecule has 0 aliphatic rings. The van der Waals surface area contributed by atoms with Crippen LogP contribution in [0.15, 0.2) is 40.3 Å². The van der Waals surface area contributed by atoms with Crippen molar-refractivity contribution in [3.8, 4) is 0 Å². The van der Waals surface area contributed by atoms with Crippen molar-refractivity contribution in [3.05, 3.63) is 51.4 Å². The van der Waals surface area contributed by atoms with Gasteiger partial charge in [-0.25, -0.2) is 4.98 Å². The molecule has 0 aliphatic heterocycles. The lowest BCUT2D eigenvalue weighted by Gasteiger charge is -2.15. The number of halogens is 1. The summed E-state index contributed by atoms with van der Waals surface area (Å²) >= 11 is 7.33. The van der Waals surface area contributed by atoms with Crippen LogP contribution in [0.4, 0.5) is 5.69 Å². The number of thioether (sulfide) groups is 1. The molecule has 1 unspecified atom stereocenters. The zero-order valence-corrected chi connectivity index (χ0v) is 15.2. The Bertz CT molecular complexity index is 763. The molecule has 0 saturated carbocycles. The number of rotatable bonds is 7. The van der Waals surface area contributed by atoms with Crippen molar-refractivity contribution in [3.63, 3.8) is 0 Å². The summed E-state index contributed by atoms with van der Waals surface area (Å²) in [5, 5.41) is 3.40. The van der Waals surface area contributed by atoms with Crippen LogP contribution in [0.5, 0.6) is 0 Å². The molecule has 2 aromatic rings. The molecule has 1 aromatic heterocycles. The summed E-state index contributed by atoms with van der Waals surface area (Å²) in [4.78, 5) is 31.3. The van der Waals surface area contributed by atoms with Gasteiger partial charge in [-0.1, -0.05) is 55.8 Å². The average molecular weight is 366 g/mol. The molecule has 0 bridgehead atoms. The van der Waals surface area contributed by atoms with Crippen LogP contribution in [0.25, 0.3) is 0 Å². The van der Waals surface area contributed by atoms with Gasteiger partial charge in [-0.3, -0.25) is 9.59 Å². The lowest BCUT2D eigenvalue weighted by molar-refractivity contribution is -0.115. The Morgan fingerprint density at radius 2 is 2.12 bits per heavy atom. The van der Waals surface area contributed by atoms with Gasteiger partial charge < -0.3 is 10.3 Å². The second kappa shape index (κ2) is 8.89. The fourth-order valence-electron chi connectivity index (χ4n) is 2.16. The zero-order valence-electron chi connectivity index (χ0n) is 13.6. The van der Waals surface area contributed by atoms with Gasteiger partial charge in [0.1, 0.15) is 0 Å². The highest BCUT2D eigenvalue weighted by Gasteiger charge is 2.20. The van der Waals surface area contributed by atoms with Gasteiger partial charge in [-0.05, 0) is 25.0 Å². The van der Waals surface area contributed by atoms with Crippen LogP contribution in [0.3, 0.4) is 0 Å². The van der Waals surface area contributed by atoms with E-state index in [0.29, 0.717) is 22.3 Å². The lowest BCUT2D eigenvalue weighted by Crippen LogP contribution is -2.25. The summed E-state index contributed by atoms with van der Waals surface area (Å²) in [7, 11) is 0. The van der Waals surface area contributed by atoms with Crippen molar-refractivity contribution in [1.29, 1.82) is 0 Å². The molecular formula is C17H20ClN3O2S. The number of nitrogens with zero attached hydrogens (tertiary/aromatic N) is 1. The minimum atomic E-state index is -0.374. The molecule has 0 saturated heterocycles. The molecule has 0 aliphatic carbocycles. The van der Waals surface area contributed by atoms with Crippen LogP contribution in [0.1, 0.15) is 32.4 Å². The number of anilines is 1. The number of amides is 1. The number of aromatic amines is 1. The third kappa shape index (κ3) is 5.11. The van der Waals surface area contributed by atoms with Gasteiger partial charge in [0, 0.05) is 11.8 Å². The van der Waals surface area contributed by atoms with Crippen molar-refractivity contribution < 1.29 is 4.79 Å². The Kier molecular flexibility index (Phi) is 6.87. The van der Waals surface area contributed by atoms with Crippen LogP contribution in [0.2, 0.25) is 5.02 Å². The first kappa shape index (κ1) is 18.5. The van der Waals surface area contributed by atoms with Gasteiger partial charge in [0.25, 0.3) is 5.56 Å². The number of benzene rings is 1. The van der Waals surface area contributed by atoms with Crippen molar-refractivity contribution in [1.82, 2.24) is 9.97 Å². The van der Waals surface area contributed by atoms with E-state index in [4.69, 9.17) is 11.6 Å². The number of carbonyl (C=O) groups excluding carboxylic acids is 1. The highest BCUT2D eigenvalue weighted by molar-refractivity contribution is 8.00. The molecule has 7 heteroatoms. The number of aromatic nitrogens is 2. The Balaban J connectivity index is 2.13. The topological polar surface area (TPSA) is 74.8 Å². The molecule has 1 amide bonds. The Hall–Kier alpha value is -1.79. The predicted octanol–water partition coefficient (Wildman–Crippen LogP) is 3.89. The van der Waals surface area contributed by atoms with Crippen molar-refractivity contribution in [2.75, 3.05) is 5.32 Å². The Morgan fingerprint density at radius 1 is 1.38 bits per heavy atom. The normalized spacial score (nSPS) is 12.0. The van der Waals surface area contributed by atoms with E-state index in [1.165, 1.54) is 17.8 Å². The quantitative estimate of drug-likeness (QED) is 0.576. The highest BCUT2D eigenvalue weighted by Crippen LogP contribution is 2.25. The van der Waals surface area contributed by atoms with E-state index in [-0.39, 0.29) is 16.7 Å². The van der Waals surface area contributed by atoms with E-state index in [2.05, 4.69) is 15.3 Å². The van der Waals surface area contributed by atoms with Crippen molar-refractivity contribution >= 4 is 35.0 Å². The first-order chi connectivity index (χ1) is 11.5. The second-order valence-electron chi connectivity index (χ2n) is 5.28. The summed E-state index contributed by atoms with van der Waals surface area (Å²) in [5.74, 6) is -0.167. The minimum Gasteiger partial charge on any atom is -0.324 e. The van der Waals surface area contributed by atoms with E-state index >= 15 is 0 Å². The summed E-state index contributed by atoms with van der Waals surface area (Å²) in [5.41, 5.74) is 1.12. The summed E-state index contributed by atoms with van der Waals surface area (Å²) < 4.78 is 0. The summed E-state index contributed by atoms with van der Waals surface area (Å²) in [6.07, 6.45) is 2.24. The Labute approximate surface area is 150 Å². The number of nitrogens with one attached hydrogen (secondary N) is 2. The maximum Gasteiger partial charge on any atom is 0.251 e. The SMILES string of the molecule is CCCc1cc(=O)[nH]c(SC(CC)C(=O)Nc2ccccc2Cl)n1. The predicted molar refractivity (Wildman–Crippen MR) is 98.9 cm³/mol. The molecule has 0 fully saturated rings. The largest absolute Gasteiger partial charge is 0.324 e. The number of H-pyrrole nitrogens is 1.